The number of hydrogen-bond acceptors (Lipinski definition) is 3. The van der Waals surface area contributed by atoms with Crippen molar-refractivity contribution in [3.8, 4) is 0 Å². The van der Waals surface area contributed by atoms with Crippen LogP contribution >= 0.6 is 11.8 Å². The summed E-state index contributed by atoms with van der Waals surface area (Å²) in [7, 11) is 0. The number of rotatable bonds is 4. The molecule has 0 radical (unpaired) electrons. The Morgan fingerprint density at radius 1 is 1.30 bits per heavy atom. The van der Waals surface area contributed by atoms with E-state index in [-0.39, 0.29) is 5.82 Å². The molecule has 3 nitrogen and oxygen atoms in total. The molecule has 1 aromatic heterocycles. The molecule has 2 heterocycles. The van der Waals surface area contributed by atoms with E-state index in [9.17, 15) is 4.39 Å². The number of nitrogens with one attached hydrogen (secondary N) is 1. The van der Waals surface area contributed by atoms with Crippen LogP contribution < -0.4 is 0 Å². The third-order valence-corrected chi connectivity index (χ3v) is 4.69. The predicted molar refractivity (Wildman–Crippen MR) is 81.8 cm³/mol. The van der Waals surface area contributed by atoms with Crippen LogP contribution in [-0.2, 0) is 0 Å². The molecule has 20 heavy (non-hydrogen) atoms. The minimum atomic E-state index is -0.175. The van der Waals surface area contributed by atoms with Crippen LogP contribution in [0.4, 0.5) is 4.39 Å². The van der Waals surface area contributed by atoms with Crippen molar-refractivity contribution in [3.05, 3.63) is 23.5 Å². The Bertz CT molecular complexity index is 551. The Balaban J connectivity index is 1.60. The zero-order chi connectivity index (χ0) is 13.9. The van der Waals surface area contributed by atoms with Gasteiger partial charge in [0.05, 0.1) is 11.0 Å². The minimum absolute atomic E-state index is 0.175. The van der Waals surface area contributed by atoms with Gasteiger partial charge in [-0.2, -0.15) is 0 Å². The molecule has 0 atom stereocenters. The molecule has 0 amide bonds. The quantitative estimate of drug-likeness (QED) is 0.874. The van der Waals surface area contributed by atoms with E-state index in [1.54, 1.807) is 24.8 Å². The number of aromatic amines is 1. The van der Waals surface area contributed by atoms with Crippen LogP contribution in [0.3, 0.4) is 0 Å². The van der Waals surface area contributed by atoms with Gasteiger partial charge in [-0.3, -0.25) is 0 Å². The molecule has 1 fully saturated rings. The van der Waals surface area contributed by atoms with Crippen molar-refractivity contribution in [3.63, 3.8) is 0 Å². The number of thioether (sulfide) groups is 1. The summed E-state index contributed by atoms with van der Waals surface area (Å²) in [6.07, 6.45) is 4.03. The number of hydrogen-bond donors (Lipinski definition) is 1. The van der Waals surface area contributed by atoms with Crippen LogP contribution in [0.2, 0.25) is 0 Å². The van der Waals surface area contributed by atoms with Crippen LogP contribution in [-0.4, -0.2) is 40.3 Å². The molecule has 0 aliphatic carbocycles. The van der Waals surface area contributed by atoms with E-state index in [1.807, 2.05) is 0 Å². The average Bonchev–Trinajstić information content (AvgIpc) is 2.82. The summed E-state index contributed by atoms with van der Waals surface area (Å²) in [4.78, 5) is 10.2. The summed E-state index contributed by atoms with van der Waals surface area (Å²) in [5.41, 5.74) is 2.28. The van der Waals surface area contributed by atoms with Crippen molar-refractivity contribution in [2.75, 3.05) is 25.4 Å². The van der Waals surface area contributed by atoms with Crippen molar-refractivity contribution >= 4 is 22.8 Å². The van der Waals surface area contributed by atoms with E-state index in [0.29, 0.717) is 5.56 Å². The molecule has 0 spiro atoms. The lowest BCUT2D eigenvalue weighted by molar-refractivity contribution is 0.242. The summed E-state index contributed by atoms with van der Waals surface area (Å²) in [5, 5.41) is 0.891. The number of fused-ring (bicyclic) bond motifs is 1. The Kier molecular flexibility index (Phi) is 4.27. The summed E-state index contributed by atoms with van der Waals surface area (Å²) in [6, 6.07) is 3.34. The van der Waals surface area contributed by atoms with Gasteiger partial charge in [-0.05, 0) is 50.6 Å². The van der Waals surface area contributed by atoms with Gasteiger partial charge < -0.3 is 9.88 Å². The topological polar surface area (TPSA) is 31.9 Å². The molecule has 0 unspecified atom stereocenters. The lowest BCUT2D eigenvalue weighted by atomic mass is 10.1. The molecule has 108 valence electrons. The molecule has 1 aliphatic heterocycles. The van der Waals surface area contributed by atoms with Crippen molar-refractivity contribution in [2.45, 2.75) is 31.3 Å². The molecule has 1 saturated heterocycles. The Morgan fingerprint density at radius 3 is 2.90 bits per heavy atom. The summed E-state index contributed by atoms with van der Waals surface area (Å²) in [6.45, 7) is 5.33. The fraction of sp³-hybridized carbons (Fsp3) is 0.533. The van der Waals surface area contributed by atoms with Gasteiger partial charge >= 0.3 is 0 Å². The highest BCUT2D eigenvalue weighted by atomic mass is 32.2. The molecule has 5 heteroatoms. The number of imidazole rings is 1. The van der Waals surface area contributed by atoms with Crippen molar-refractivity contribution in [1.29, 1.82) is 0 Å². The highest BCUT2D eigenvalue weighted by molar-refractivity contribution is 7.99. The second-order valence-electron chi connectivity index (χ2n) is 5.41. The van der Waals surface area contributed by atoms with E-state index in [0.717, 1.165) is 28.5 Å². The maximum Gasteiger partial charge on any atom is 0.166 e. The molecular formula is C15H20FN3S. The van der Waals surface area contributed by atoms with Gasteiger partial charge in [-0.25, -0.2) is 9.37 Å². The molecule has 1 aromatic carbocycles. The predicted octanol–water partition coefficient (Wildman–Crippen LogP) is 3.59. The first-order valence-electron chi connectivity index (χ1n) is 7.23. The number of aromatic nitrogens is 2. The molecule has 0 saturated carbocycles. The normalized spacial score (nSPS) is 16.9. The Hall–Kier alpha value is -1.07. The smallest absolute Gasteiger partial charge is 0.166 e. The molecular weight excluding hydrogens is 273 g/mol. The van der Waals surface area contributed by atoms with Gasteiger partial charge in [0.1, 0.15) is 5.82 Å². The van der Waals surface area contributed by atoms with E-state index < -0.39 is 0 Å². The van der Waals surface area contributed by atoms with Crippen LogP contribution in [0.15, 0.2) is 17.3 Å². The number of likely N-dealkylation sites (tertiary alicyclic amines) is 1. The molecule has 0 bridgehead atoms. The minimum Gasteiger partial charge on any atom is -0.333 e. The number of benzene rings is 1. The van der Waals surface area contributed by atoms with Crippen LogP contribution in [0.5, 0.6) is 0 Å². The number of nitrogens with zero attached hydrogens (tertiary/aromatic N) is 2. The third kappa shape index (κ3) is 3.15. The SMILES string of the molecule is Cc1cc2nc(SCCN3CCCCC3)[nH]c2cc1F. The standard InChI is InChI=1S/C15H20FN3S/c1-11-9-13-14(10-12(11)16)18-15(17-13)20-8-7-19-5-3-2-4-6-19/h9-10H,2-8H2,1H3,(H,17,18). The van der Waals surface area contributed by atoms with Crippen molar-refractivity contribution in [1.82, 2.24) is 14.9 Å². The van der Waals surface area contributed by atoms with Gasteiger partial charge in [0.2, 0.25) is 0 Å². The van der Waals surface area contributed by atoms with Gasteiger partial charge in [0.15, 0.2) is 5.16 Å². The first-order valence-corrected chi connectivity index (χ1v) is 8.22. The van der Waals surface area contributed by atoms with Crippen LogP contribution in [0.25, 0.3) is 11.0 Å². The van der Waals surface area contributed by atoms with Crippen LogP contribution in [0.1, 0.15) is 24.8 Å². The van der Waals surface area contributed by atoms with Crippen molar-refractivity contribution < 1.29 is 4.39 Å². The molecule has 1 N–H and O–H groups in total. The average molecular weight is 293 g/mol. The second kappa shape index (κ2) is 6.14. The number of H-pyrrole nitrogens is 1. The van der Waals surface area contributed by atoms with E-state index in [4.69, 9.17) is 0 Å². The first kappa shape index (κ1) is 13.9. The zero-order valence-electron chi connectivity index (χ0n) is 11.8. The highest BCUT2D eigenvalue weighted by Gasteiger charge is 2.11. The van der Waals surface area contributed by atoms with E-state index >= 15 is 0 Å². The lowest BCUT2D eigenvalue weighted by Crippen LogP contribution is -2.31. The Labute approximate surface area is 123 Å². The lowest BCUT2D eigenvalue weighted by Gasteiger charge is -2.25. The fourth-order valence-corrected chi connectivity index (χ4v) is 3.52. The highest BCUT2D eigenvalue weighted by Crippen LogP contribution is 2.22. The Morgan fingerprint density at radius 2 is 2.10 bits per heavy atom. The summed E-state index contributed by atoms with van der Waals surface area (Å²) in [5.74, 6) is 0.854. The van der Waals surface area contributed by atoms with Gasteiger partial charge in [-0.15, -0.1) is 0 Å². The zero-order valence-corrected chi connectivity index (χ0v) is 12.6. The number of halogens is 1. The van der Waals surface area contributed by atoms with Gasteiger partial charge in [-0.1, -0.05) is 18.2 Å². The monoisotopic (exact) mass is 293 g/mol. The van der Waals surface area contributed by atoms with Gasteiger partial charge in [0.25, 0.3) is 0 Å². The van der Waals surface area contributed by atoms with Crippen molar-refractivity contribution in [2.24, 2.45) is 0 Å². The number of piperidine rings is 1. The van der Waals surface area contributed by atoms with Crippen LogP contribution in [0, 0.1) is 12.7 Å². The number of aryl methyl sites for hydroxylation is 1. The van der Waals surface area contributed by atoms with E-state index in [2.05, 4.69) is 14.9 Å². The maximum atomic E-state index is 13.5. The van der Waals surface area contributed by atoms with Gasteiger partial charge in [0, 0.05) is 12.3 Å². The summed E-state index contributed by atoms with van der Waals surface area (Å²) < 4.78 is 13.5. The molecule has 1 aliphatic rings. The molecule has 2 aromatic rings. The first-order chi connectivity index (χ1) is 9.72. The second-order valence-corrected chi connectivity index (χ2v) is 6.49. The molecule has 3 rings (SSSR count). The maximum absolute atomic E-state index is 13.5. The summed E-state index contributed by atoms with van der Waals surface area (Å²) >= 11 is 1.72. The third-order valence-electron chi connectivity index (χ3n) is 3.84. The fourth-order valence-electron chi connectivity index (χ4n) is 2.63. The van der Waals surface area contributed by atoms with E-state index in [1.165, 1.54) is 38.4 Å². The largest absolute Gasteiger partial charge is 0.333 e.